The molecule has 0 saturated carbocycles. The maximum absolute atomic E-state index is 14.2. The Morgan fingerprint density at radius 1 is 1.17 bits per heavy atom. The number of aromatic amines is 1. The van der Waals surface area contributed by atoms with Crippen molar-refractivity contribution in [3.63, 3.8) is 0 Å². The number of likely N-dealkylation sites (tertiary alicyclic amines) is 1. The maximum atomic E-state index is 14.2. The SMILES string of the molecule is O=C(Cc1[nH]c(=S)n2c1CC(c1c(F)c(F)cc(F)c1F)C2)N1CCC(CO)CC1. The van der Waals surface area contributed by atoms with Gasteiger partial charge in [0.1, 0.15) is 0 Å². The van der Waals surface area contributed by atoms with Gasteiger partial charge in [0.05, 0.1) is 6.42 Å². The lowest BCUT2D eigenvalue weighted by Crippen LogP contribution is -2.40. The van der Waals surface area contributed by atoms with Gasteiger partial charge in [0.15, 0.2) is 28.0 Å². The number of nitrogens with one attached hydrogen (secondary N) is 1. The van der Waals surface area contributed by atoms with E-state index in [0.717, 1.165) is 12.8 Å². The number of aliphatic hydroxyl groups excluding tert-OH is 1. The monoisotopic (exact) mass is 443 g/mol. The molecule has 2 aromatic rings. The number of carbonyl (C=O) groups is 1. The lowest BCUT2D eigenvalue weighted by atomic mass is 9.94. The molecule has 5 nitrogen and oxygen atoms in total. The van der Waals surface area contributed by atoms with Crippen LogP contribution in [0, 0.1) is 34.0 Å². The summed E-state index contributed by atoms with van der Waals surface area (Å²) in [7, 11) is 0. The van der Waals surface area contributed by atoms with E-state index >= 15 is 0 Å². The van der Waals surface area contributed by atoms with Gasteiger partial charge in [-0.15, -0.1) is 0 Å². The van der Waals surface area contributed by atoms with E-state index in [1.807, 2.05) is 0 Å². The maximum Gasteiger partial charge on any atom is 0.228 e. The van der Waals surface area contributed by atoms with Gasteiger partial charge in [0, 0.05) is 55.2 Å². The van der Waals surface area contributed by atoms with E-state index in [1.165, 1.54) is 0 Å². The normalized spacial score (nSPS) is 19.4. The molecular weight excluding hydrogens is 422 g/mol. The van der Waals surface area contributed by atoms with Crippen LogP contribution in [-0.4, -0.2) is 45.2 Å². The highest BCUT2D eigenvalue weighted by Gasteiger charge is 2.34. The van der Waals surface area contributed by atoms with Crippen LogP contribution in [-0.2, 0) is 24.2 Å². The fourth-order valence-electron chi connectivity index (χ4n) is 4.42. The highest BCUT2D eigenvalue weighted by atomic mass is 32.1. The van der Waals surface area contributed by atoms with Crippen LogP contribution in [0.4, 0.5) is 17.6 Å². The van der Waals surface area contributed by atoms with Gasteiger partial charge in [-0.05, 0) is 37.4 Å². The molecule has 0 aliphatic carbocycles. The summed E-state index contributed by atoms with van der Waals surface area (Å²) in [6.07, 6.45) is 1.62. The number of fused-ring (bicyclic) bond motifs is 1. The highest BCUT2D eigenvalue weighted by Crippen LogP contribution is 2.36. The van der Waals surface area contributed by atoms with Gasteiger partial charge in [-0.2, -0.15) is 0 Å². The number of piperidine rings is 1. The molecule has 3 heterocycles. The number of H-pyrrole nitrogens is 1. The Kier molecular flexibility index (Phi) is 5.71. The molecule has 10 heteroatoms. The second-order valence-electron chi connectivity index (χ2n) is 7.93. The largest absolute Gasteiger partial charge is 0.396 e. The van der Waals surface area contributed by atoms with Crippen LogP contribution in [0.25, 0.3) is 0 Å². The Morgan fingerprint density at radius 3 is 2.40 bits per heavy atom. The van der Waals surface area contributed by atoms with E-state index < -0.39 is 34.8 Å². The number of amides is 1. The molecule has 1 atom stereocenters. The van der Waals surface area contributed by atoms with Crippen LogP contribution < -0.4 is 0 Å². The average Bonchev–Trinajstić information content (AvgIpc) is 3.28. The number of aromatic nitrogens is 2. The Morgan fingerprint density at radius 2 is 1.80 bits per heavy atom. The third-order valence-corrected chi connectivity index (χ3v) is 6.45. The number of carbonyl (C=O) groups excluding carboxylic acids is 1. The number of halogens is 4. The van der Waals surface area contributed by atoms with Crippen molar-refractivity contribution < 1.29 is 27.5 Å². The first-order valence-electron chi connectivity index (χ1n) is 9.82. The molecule has 4 rings (SSSR count). The van der Waals surface area contributed by atoms with Crippen LogP contribution in [0.1, 0.15) is 35.7 Å². The van der Waals surface area contributed by atoms with E-state index in [4.69, 9.17) is 12.2 Å². The van der Waals surface area contributed by atoms with Gasteiger partial charge in [0.2, 0.25) is 5.91 Å². The van der Waals surface area contributed by atoms with Crippen LogP contribution in [0.3, 0.4) is 0 Å². The summed E-state index contributed by atoms with van der Waals surface area (Å²) in [4.78, 5) is 17.4. The minimum absolute atomic E-state index is 0.0466. The first-order valence-corrected chi connectivity index (χ1v) is 10.2. The van der Waals surface area contributed by atoms with E-state index in [9.17, 15) is 27.5 Å². The topological polar surface area (TPSA) is 61.3 Å². The second kappa shape index (κ2) is 8.14. The summed E-state index contributed by atoms with van der Waals surface area (Å²) >= 11 is 5.28. The van der Waals surface area contributed by atoms with Crippen LogP contribution in [0.15, 0.2) is 6.07 Å². The van der Waals surface area contributed by atoms with Crippen LogP contribution in [0.5, 0.6) is 0 Å². The summed E-state index contributed by atoms with van der Waals surface area (Å²) in [6, 6.07) is 0.194. The number of rotatable bonds is 4. The Bertz CT molecular complexity index is 1020. The second-order valence-corrected chi connectivity index (χ2v) is 8.32. The number of benzene rings is 1. The van der Waals surface area contributed by atoms with Crippen molar-refractivity contribution in [1.29, 1.82) is 0 Å². The fraction of sp³-hybridized carbons (Fsp3) is 0.500. The number of hydrogen-bond acceptors (Lipinski definition) is 3. The average molecular weight is 443 g/mol. The molecule has 0 radical (unpaired) electrons. The number of nitrogens with zero attached hydrogens (tertiary/aromatic N) is 2. The van der Waals surface area contributed by atoms with Gasteiger partial charge >= 0.3 is 0 Å². The molecular formula is C20H21F4N3O2S. The molecule has 1 saturated heterocycles. The van der Waals surface area contributed by atoms with Crippen molar-refractivity contribution in [2.45, 2.75) is 38.1 Å². The molecule has 2 aliphatic rings. The lowest BCUT2D eigenvalue weighted by molar-refractivity contribution is -0.132. The molecule has 162 valence electrons. The zero-order valence-electron chi connectivity index (χ0n) is 16.1. The number of hydrogen-bond donors (Lipinski definition) is 2. The Hall–Kier alpha value is -2.20. The van der Waals surface area contributed by atoms with Gasteiger partial charge in [-0.1, -0.05) is 0 Å². The molecule has 0 bridgehead atoms. The van der Waals surface area contributed by atoms with Crippen LogP contribution in [0.2, 0.25) is 0 Å². The molecule has 1 amide bonds. The van der Waals surface area contributed by atoms with Crippen molar-refractivity contribution in [1.82, 2.24) is 14.5 Å². The first kappa shape index (κ1) is 21.0. The predicted octanol–water partition coefficient (Wildman–Crippen LogP) is 3.22. The molecule has 30 heavy (non-hydrogen) atoms. The van der Waals surface area contributed by atoms with Crippen molar-refractivity contribution in [2.75, 3.05) is 19.7 Å². The first-order chi connectivity index (χ1) is 14.3. The van der Waals surface area contributed by atoms with Gasteiger partial charge in [-0.3, -0.25) is 4.79 Å². The summed E-state index contributed by atoms with van der Waals surface area (Å²) in [5.74, 6) is -6.40. The molecule has 1 unspecified atom stereocenters. The molecule has 1 aromatic carbocycles. The minimum Gasteiger partial charge on any atom is -0.396 e. The zero-order valence-corrected chi connectivity index (χ0v) is 16.9. The summed E-state index contributed by atoms with van der Waals surface area (Å²) < 4.78 is 57.7. The molecule has 2 aliphatic heterocycles. The number of aliphatic hydroxyl groups is 1. The standard InChI is InChI=1S/C20H21F4N3O2S/c21-12-6-13(22)19(24)17(18(12)23)11-5-15-14(25-20(30)27(15)8-11)7-16(29)26-3-1-10(9-28)2-4-26/h6,10-11,28H,1-5,7-9H2,(H,25,30). The van der Waals surface area contributed by atoms with E-state index in [-0.39, 0.29) is 43.9 Å². The fourth-order valence-corrected chi connectivity index (χ4v) is 4.72. The highest BCUT2D eigenvalue weighted by molar-refractivity contribution is 7.71. The van der Waals surface area contributed by atoms with Crippen molar-refractivity contribution in [3.05, 3.63) is 51.1 Å². The molecule has 2 N–H and O–H groups in total. The van der Waals surface area contributed by atoms with Crippen molar-refractivity contribution >= 4 is 18.1 Å². The summed E-state index contributed by atoms with van der Waals surface area (Å²) in [6.45, 7) is 1.29. The minimum atomic E-state index is -1.44. The smallest absolute Gasteiger partial charge is 0.228 e. The molecule has 1 aromatic heterocycles. The quantitative estimate of drug-likeness (QED) is 0.434. The Balaban J connectivity index is 1.54. The van der Waals surface area contributed by atoms with Gasteiger partial charge < -0.3 is 19.6 Å². The third kappa shape index (κ3) is 3.66. The zero-order chi connectivity index (χ0) is 21.6. The predicted molar refractivity (Wildman–Crippen MR) is 102 cm³/mol. The van der Waals surface area contributed by atoms with Crippen molar-refractivity contribution in [3.8, 4) is 0 Å². The van der Waals surface area contributed by atoms with E-state index in [0.29, 0.717) is 29.2 Å². The van der Waals surface area contributed by atoms with E-state index in [1.54, 1.807) is 9.47 Å². The lowest BCUT2D eigenvalue weighted by Gasteiger charge is -2.31. The molecule has 0 spiro atoms. The Labute approximate surface area is 175 Å². The number of imidazole rings is 1. The van der Waals surface area contributed by atoms with Crippen molar-refractivity contribution in [2.24, 2.45) is 5.92 Å². The third-order valence-electron chi connectivity index (χ3n) is 6.13. The summed E-state index contributed by atoms with van der Waals surface area (Å²) in [5, 5.41) is 9.23. The molecule has 1 fully saturated rings. The van der Waals surface area contributed by atoms with Crippen LogP contribution >= 0.6 is 12.2 Å². The van der Waals surface area contributed by atoms with Gasteiger partial charge in [0.25, 0.3) is 0 Å². The van der Waals surface area contributed by atoms with Gasteiger partial charge in [-0.25, -0.2) is 17.6 Å². The summed E-state index contributed by atoms with van der Waals surface area (Å²) in [5.41, 5.74) is 0.537. The van der Waals surface area contributed by atoms with E-state index in [2.05, 4.69) is 4.98 Å².